The van der Waals surface area contributed by atoms with Crippen LogP contribution in [0.15, 0.2) is 0 Å². The highest BCUT2D eigenvalue weighted by Gasteiger charge is 2.62. The van der Waals surface area contributed by atoms with Gasteiger partial charge in [-0.05, 0) is 44.9 Å². The van der Waals surface area contributed by atoms with Crippen LogP contribution in [0, 0.1) is 17.3 Å². The summed E-state index contributed by atoms with van der Waals surface area (Å²) in [7, 11) is 0. The summed E-state index contributed by atoms with van der Waals surface area (Å²) in [5.74, 6) is -0.115. The predicted octanol–water partition coefficient (Wildman–Crippen LogP) is 1.92. The molecule has 0 aliphatic heterocycles. The predicted molar refractivity (Wildman–Crippen MR) is 61.1 cm³/mol. The highest BCUT2D eigenvalue weighted by Crippen LogP contribution is 2.57. The smallest absolute Gasteiger partial charge is 0.323 e. The molecule has 2 rings (SSSR count). The number of hydrogen-bond donors (Lipinski definition) is 0. The Bertz CT molecular complexity index is 305. The Morgan fingerprint density at radius 2 is 1.71 bits per heavy atom. The first-order valence-electron chi connectivity index (χ1n) is 6.49. The zero-order valence-corrected chi connectivity index (χ0v) is 10.5. The normalized spacial score (nSPS) is 29.1. The Balaban J connectivity index is 2.24. The van der Waals surface area contributed by atoms with Gasteiger partial charge in [0, 0.05) is 0 Å². The molecule has 2 bridgehead atoms. The fraction of sp³-hybridized carbons (Fsp3) is 0.846. The summed E-state index contributed by atoms with van der Waals surface area (Å²) < 4.78 is 10.2. The van der Waals surface area contributed by atoms with E-state index in [1.54, 1.807) is 13.8 Å². The molecule has 0 amide bonds. The lowest BCUT2D eigenvalue weighted by Gasteiger charge is -2.32. The maximum Gasteiger partial charge on any atom is 0.323 e. The van der Waals surface area contributed by atoms with Crippen LogP contribution in [0.2, 0.25) is 0 Å². The van der Waals surface area contributed by atoms with Gasteiger partial charge in [-0.3, -0.25) is 9.59 Å². The zero-order valence-electron chi connectivity index (χ0n) is 10.5. The minimum absolute atomic E-state index is 0.130. The molecule has 0 aromatic heterocycles. The van der Waals surface area contributed by atoms with Crippen molar-refractivity contribution < 1.29 is 19.1 Å². The average Bonchev–Trinajstić information content (AvgIpc) is 2.89. The van der Waals surface area contributed by atoms with E-state index in [4.69, 9.17) is 9.47 Å². The van der Waals surface area contributed by atoms with Crippen LogP contribution in [0.4, 0.5) is 0 Å². The molecule has 2 aliphatic rings. The van der Waals surface area contributed by atoms with Crippen molar-refractivity contribution in [3.05, 3.63) is 0 Å². The maximum absolute atomic E-state index is 12.2. The third-order valence-electron chi connectivity index (χ3n) is 4.13. The number of hydrogen-bond acceptors (Lipinski definition) is 4. The SMILES string of the molecule is CCOC(=O)C1(C(=O)OCC)CC2CCC1C2. The Morgan fingerprint density at radius 3 is 2.06 bits per heavy atom. The summed E-state index contributed by atoms with van der Waals surface area (Å²) >= 11 is 0. The molecule has 4 heteroatoms. The summed E-state index contributed by atoms with van der Waals surface area (Å²) in [6, 6.07) is 0. The highest BCUT2D eigenvalue weighted by atomic mass is 16.6. The van der Waals surface area contributed by atoms with E-state index >= 15 is 0 Å². The van der Waals surface area contributed by atoms with Crippen LogP contribution in [0.5, 0.6) is 0 Å². The van der Waals surface area contributed by atoms with Crippen molar-refractivity contribution in [3.8, 4) is 0 Å². The van der Waals surface area contributed by atoms with Crippen molar-refractivity contribution in [2.45, 2.75) is 39.5 Å². The van der Waals surface area contributed by atoms with Crippen molar-refractivity contribution in [3.63, 3.8) is 0 Å². The molecular formula is C13H20O4. The van der Waals surface area contributed by atoms with E-state index in [0.29, 0.717) is 25.6 Å². The molecule has 0 N–H and O–H groups in total. The Morgan fingerprint density at radius 1 is 1.12 bits per heavy atom. The van der Waals surface area contributed by atoms with Gasteiger partial charge in [0.1, 0.15) is 0 Å². The molecule has 0 saturated heterocycles. The molecule has 0 radical (unpaired) electrons. The van der Waals surface area contributed by atoms with Crippen LogP contribution in [0.1, 0.15) is 39.5 Å². The van der Waals surface area contributed by atoms with Gasteiger partial charge >= 0.3 is 11.9 Å². The highest BCUT2D eigenvalue weighted by molar-refractivity contribution is 6.01. The third-order valence-corrected chi connectivity index (χ3v) is 4.13. The summed E-state index contributed by atoms with van der Waals surface area (Å²) in [5, 5.41) is 0. The molecule has 0 spiro atoms. The quantitative estimate of drug-likeness (QED) is 0.556. The summed E-state index contributed by atoms with van der Waals surface area (Å²) in [5.41, 5.74) is -0.991. The molecular weight excluding hydrogens is 220 g/mol. The van der Waals surface area contributed by atoms with E-state index in [-0.39, 0.29) is 17.9 Å². The Hall–Kier alpha value is -1.06. The van der Waals surface area contributed by atoms with Gasteiger partial charge in [0.05, 0.1) is 13.2 Å². The molecule has 0 aromatic rings. The first kappa shape index (κ1) is 12.4. The van der Waals surface area contributed by atoms with Crippen LogP contribution in [0.25, 0.3) is 0 Å². The largest absolute Gasteiger partial charge is 0.465 e. The molecule has 0 heterocycles. The fourth-order valence-electron chi connectivity index (χ4n) is 3.43. The molecule has 96 valence electrons. The Kier molecular flexibility index (Phi) is 3.40. The van der Waals surface area contributed by atoms with Gasteiger partial charge in [-0.15, -0.1) is 0 Å². The standard InChI is InChI=1S/C13H20O4/c1-3-16-11(14)13(12(15)17-4-2)8-9-5-6-10(13)7-9/h9-10H,3-8H2,1-2H3. The fourth-order valence-corrected chi connectivity index (χ4v) is 3.43. The van der Waals surface area contributed by atoms with E-state index in [1.165, 1.54) is 0 Å². The number of esters is 2. The number of rotatable bonds is 4. The van der Waals surface area contributed by atoms with Crippen molar-refractivity contribution >= 4 is 11.9 Å². The first-order valence-corrected chi connectivity index (χ1v) is 6.49. The number of carbonyl (C=O) groups is 2. The maximum atomic E-state index is 12.2. The lowest BCUT2D eigenvalue weighted by Crippen LogP contribution is -2.46. The average molecular weight is 240 g/mol. The molecule has 2 aliphatic carbocycles. The van der Waals surface area contributed by atoms with E-state index in [2.05, 4.69) is 0 Å². The minimum Gasteiger partial charge on any atom is -0.465 e. The number of fused-ring (bicyclic) bond motifs is 2. The van der Waals surface area contributed by atoms with Crippen molar-refractivity contribution in [1.29, 1.82) is 0 Å². The van der Waals surface area contributed by atoms with E-state index in [1.807, 2.05) is 0 Å². The first-order chi connectivity index (χ1) is 8.15. The van der Waals surface area contributed by atoms with E-state index in [0.717, 1.165) is 19.3 Å². The molecule has 2 fully saturated rings. The van der Waals surface area contributed by atoms with Crippen molar-refractivity contribution in [1.82, 2.24) is 0 Å². The van der Waals surface area contributed by atoms with E-state index in [9.17, 15) is 9.59 Å². The molecule has 2 unspecified atom stereocenters. The van der Waals surface area contributed by atoms with Crippen LogP contribution < -0.4 is 0 Å². The summed E-state index contributed by atoms with van der Waals surface area (Å²) in [6.45, 7) is 4.17. The number of ether oxygens (including phenoxy) is 2. The van der Waals surface area contributed by atoms with Crippen LogP contribution in [0.3, 0.4) is 0 Å². The second kappa shape index (κ2) is 4.67. The van der Waals surface area contributed by atoms with Gasteiger partial charge < -0.3 is 9.47 Å². The van der Waals surface area contributed by atoms with E-state index < -0.39 is 5.41 Å². The minimum atomic E-state index is -0.991. The topological polar surface area (TPSA) is 52.6 Å². The van der Waals surface area contributed by atoms with Crippen molar-refractivity contribution in [2.24, 2.45) is 17.3 Å². The van der Waals surface area contributed by atoms with Crippen molar-refractivity contribution in [2.75, 3.05) is 13.2 Å². The lowest BCUT2D eigenvalue weighted by molar-refractivity contribution is -0.176. The van der Waals surface area contributed by atoms with Gasteiger partial charge in [-0.1, -0.05) is 6.42 Å². The molecule has 0 aromatic carbocycles. The van der Waals surface area contributed by atoms with Crippen LogP contribution in [-0.2, 0) is 19.1 Å². The summed E-state index contributed by atoms with van der Waals surface area (Å²) in [6.07, 6.45) is 3.67. The van der Waals surface area contributed by atoms with Gasteiger partial charge in [-0.25, -0.2) is 0 Å². The van der Waals surface area contributed by atoms with Gasteiger partial charge in [0.2, 0.25) is 0 Å². The monoisotopic (exact) mass is 240 g/mol. The Labute approximate surface area is 102 Å². The van der Waals surface area contributed by atoms with Gasteiger partial charge in [0.25, 0.3) is 0 Å². The molecule has 4 nitrogen and oxygen atoms in total. The molecule has 17 heavy (non-hydrogen) atoms. The van der Waals surface area contributed by atoms with Crippen LogP contribution in [-0.4, -0.2) is 25.2 Å². The third kappa shape index (κ3) is 1.83. The second-order valence-corrected chi connectivity index (χ2v) is 4.99. The van der Waals surface area contributed by atoms with Gasteiger partial charge in [0.15, 0.2) is 5.41 Å². The molecule has 2 atom stereocenters. The van der Waals surface area contributed by atoms with Gasteiger partial charge in [-0.2, -0.15) is 0 Å². The zero-order chi connectivity index (χ0) is 12.5. The van der Waals surface area contributed by atoms with Crippen LogP contribution >= 0.6 is 0 Å². The summed E-state index contributed by atoms with van der Waals surface area (Å²) in [4.78, 5) is 24.3. The second-order valence-electron chi connectivity index (χ2n) is 4.99. The molecule has 2 saturated carbocycles. The number of carbonyl (C=O) groups excluding carboxylic acids is 2. The lowest BCUT2D eigenvalue weighted by atomic mass is 9.73.